The molecule has 3 rings (SSSR count). The van der Waals surface area contributed by atoms with Crippen molar-refractivity contribution in [3.63, 3.8) is 0 Å². The molecule has 2 heterocycles. The second-order valence-corrected chi connectivity index (χ2v) is 5.83. The van der Waals surface area contributed by atoms with Crippen LogP contribution in [0.2, 0.25) is 5.02 Å². The molecule has 0 radical (unpaired) electrons. The minimum Gasteiger partial charge on any atom is -0.484 e. The molecule has 0 unspecified atom stereocenters. The SMILES string of the molecule is CC(=O)c1ccc(OCc2noc(C3CCOCC3)n2)c(Cl)c1. The molecule has 1 aliphatic rings. The van der Waals surface area contributed by atoms with Crippen LogP contribution in [0.4, 0.5) is 0 Å². The molecule has 2 aromatic rings. The molecule has 1 aromatic heterocycles. The van der Waals surface area contributed by atoms with Crippen LogP contribution < -0.4 is 4.74 Å². The molecule has 1 fully saturated rings. The Morgan fingerprint density at radius 2 is 2.17 bits per heavy atom. The molecular weight excluding hydrogens is 320 g/mol. The van der Waals surface area contributed by atoms with Gasteiger partial charge in [-0.15, -0.1) is 0 Å². The first-order chi connectivity index (χ1) is 11.1. The van der Waals surface area contributed by atoms with Gasteiger partial charge in [0.1, 0.15) is 5.75 Å². The van der Waals surface area contributed by atoms with Gasteiger partial charge in [0, 0.05) is 24.7 Å². The molecule has 7 heteroatoms. The van der Waals surface area contributed by atoms with E-state index in [2.05, 4.69) is 10.1 Å². The number of ketones is 1. The summed E-state index contributed by atoms with van der Waals surface area (Å²) in [4.78, 5) is 15.7. The average molecular weight is 337 g/mol. The Labute approximate surface area is 138 Å². The summed E-state index contributed by atoms with van der Waals surface area (Å²) in [5.74, 6) is 1.79. The minimum atomic E-state index is -0.0438. The van der Waals surface area contributed by atoms with Crippen LogP contribution in [0.1, 0.15) is 47.8 Å². The van der Waals surface area contributed by atoms with Crippen molar-refractivity contribution in [3.8, 4) is 5.75 Å². The normalized spacial score (nSPS) is 15.6. The Morgan fingerprint density at radius 1 is 1.39 bits per heavy atom. The third-order valence-electron chi connectivity index (χ3n) is 3.75. The number of benzene rings is 1. The first-order valence-electron chi connectivity index (χ1n) is 7.47. The van der Waals surface area contributed by atoms with Gasteiger partial charge in [0.25, 0.3) is 0 Å². The number of ether oxygens (including phenoxy) is 2. The number of carbonyl (C=O) groups is 1. The number of rotatable bonds is 5. The van der Waals surface area contributed by atoms with Gasteiger partial charge in [-0.2, -0.15) is 4.98 Å². The lowest BCUT2D eigenvalue weighted by Crippen LogP contribution is -2.14. The fourth-order valence-electron chi connectivity index (χ4n) is 2.42. The van der Waals surface area contributed by atoms with E-state index >= 15 is 0 Å². The highest BCUT2D eigenvalue weighted by Gasteiger charge is 2.22. The Hall–Kier alpha value is -1.92. The van der Waals surface area contributed by atoms with Crippen molar-refractivity contribution in [1.29, 1.82) is 0 Å². The van der Waals surface area contributed by atoms with Gasteiger partial charge in [0.15, 0.2) is 12.4 Å². The molecule has 0 bridgehead atoms. The first kappa shape index (κ1) is 16.0. The van der Waals surface area contributed by atoms with Crippen molar-refractivity contribution >= 4 is 17.4 Å². The summed E-state index contributed by atoms with van der Waals surface area (Å²) in [6, 6.07) is 4.93. The largest absolute Gasteiger partial charge is 0.484 e. The van der Waals surface area contributed by atoms with Gasteiger partial charge in [-0.25, -0.2) is 0 Å². The quantitative estimate of drug-likeness (QED) is 0.779. The fraction of sp³-hybridized carbons (Fsp3) is 0.438. The molecule has 1 saturated heterocycles. The number of carbonyl (C=O) groups excluding carboxylic acids is 1. The smallest absolute Gasteiger partial charge is 0.230 e. The van der Waals surface area contributed by atoms with Gasteiger partial charge in [0.2, 0.25) is 11.7 Å². The number of hydrogen-bond donors (Lipinski definition) is 0. The third kappa shape index (κ3) is 3.89. The van der Waals surface area contributed by atoms with Crippen LogP contribution in [0.3, 0.4) is 0 Å². The van der Waals surface area contributed by atoms with Crippen LogP contribution in [0.25, 0.3) is 0 Å². The molecule has 0 atom stereocenters. The van der Waals surface area contributed by atoms with E-state index in [4.69, 9.17) is 25.6 Å². The minimum absolute atomic E-state index is 0.0438. The molecule has 1 aromatic carbocycles. The number of aromatic nitrogens is 2. The van der Waals surface area contributed by atoms with E-state index in [-0.39, 0.29) is 18.3 Å². The monoisotopic (exact) mass is 336 g/mol. The van der Waals surface area contributed by atoms with E-state index in [1.54, 1.807) is 18.2 Å². The Bertz CT molecular complexity index is 695. The molecule has 23 heavy (non-hydrogen) atoms. The van der Waals surface area contributed by atoms with Crippen molar-refractivity contribution in [1.82, 2.24) is 10.1 Å². The fourth-order valence-corrected chi connectivity index (χ4v) is 2.65. The molecule has 0 aliphatic carbocycles. The zero-order chi connectivity index (χ0) is 16.2. The first-order valence-corrected chi connectivity index (χ1v) is 7.85. The Kier molecular flexibility index (Phi) is 4.93. The third-order valence-corrected chi connectivity index (χ3v) is 4.04. The van der Waals surface area contributed by atoms with Crippen molar-refractivity contribution in [2.24, 2.45) is 0 Å². The van der Waals surface area contributed by atoms with Crippen molar-refractivity contribution in [2.45, 2.75) is 32.3 Å². The molecule has 0 spiro atoms. The highest BCUT2D eigenvalue weighted by Crippen LogP contribution is 2.27. The number of halogens is 1. The van der Waals surface area contributed by atoms with Crippen molar-refractivity contribution in [2.75, 3.05) is 13.2 Å². The van der Waals surface area contributed by atoms with Crippen LogP contribution in [0.15, 0.2) is 22.7 Å². The van der Waals surface area contributed by atoms with Gasteiger partial charge in [-0.1, -0.05) is 16.8 Å². The lowest BCUT2D eigenvalue weighted by Gasteiger charge is -2.17. The summed E-state index contributed by atoms with van der Waals surface area (Å²) in [6.45, 7) is 3.09. The predicted molar refractivity (Wildman–Crippen MR) is 82.9 cm³/mol. The van der Waals surface area contributed by atoms with Crippen molar-refractivity contribution < 1.29 is 18.8 Å². The number of Topliss-reactive ketones (excluding diaryl/α,β-unsaturated/α-hetero) is 1. The van der Waals surface area contributed by atoms with E-state index in [9.17, 15) is 4.79 Å². The maximum absolute atomic E-state index is 11.3. The van der Waals surface area contributed by atoms with Gasteiger partial charge in [-0.3, -0.25) is 4.79 Å². The molecule has 0 amide bonds. The summed E-state index contributed by atoms with van der Waals surface area (Å²) in [6.07, 6.45) is 1.78. The van der Waals surface area contributed by atoms with Gasteiger partial charge in [0.05, 0.1) is 5.02 Å². The Morgan fingerprint density at radius 3 is 2.87 bits per heavy atom. The van der Waals surface area contributed by atoms with Crippen molar-refractivity contribution in [3.05, 3.63) is 40.5 Å². The second kappa shape index (κ2) is 7.10. The zero-order valence-corrected chi connectivity index (χ0v) is 13.5. The lowest BCUT2D eigenvalue weighted by atomic mass is 10.0. The van der Waals surface area contributed by atoms with Crippen LogP contribution in [-0.2, 0) is 11.3 Å². The molecule has 0 saturated carbocycles. The second-order valence-electron chi connectivity index (χ2n) is 5.43. The summed E-state index contributed by atoms with van der Waals surface area (Å²) >= 11 is 6.11. The summed E-state index contributed by atoms with van der Waals surface area (Å²) in [7, 11) is 0. The maximum atomic E-state index is 11.3. The number of nitrogens with zero attached hydrogens (tertiary/aromatic N) is 2. The van der Waals surface area contributed by atoms with Crippen LogP contribution in [0, 0.1) is 0 Å². The predicted octanol–water partition coefficient (Wildman–Crippen LogP) is 3.40. The standard InChI is InChI=1S/C16H17ClN2O4/c1-10(20)12-2-3-14(13(17)8-12)22-9-15-18-16(23-19-15)11-4-6-21-7-5-11/h2-3,8,11H,4-7,9H2,1H3. The number of hydrogen-bond acceptors (Lipinski definition) is 6. The average Bonchev–Trinajstić information content (AvgIpc) is 3.03. The van der Waals surface area contributed by atoms with E-state index in [1.165, 1.54) is 6.92 Å². The van der Waals surface area contributed by atoms with Crippen LogP contribution >= 0.6 is 11.6 Å². The molecule has 0 N–H and O–H groups in total. The summed E-state index contributed by atoms with van der Waals surface area (Å²) in [5.41, 5.74) is 0.545. The Balaban J connectivity index is 1.62. The van der Waals surface area contributed by atoms with E-state index in [0.717, 1.165) is 26.1 Å². The highest BCUT2D eigenvalue weighted by molar-refractivity contribution is 6.32. The van der Waals surface area contributed by atoms with Crippen LogP contribution in [0.5, 0.6) is 5.75 Å². The summed E-state index contributed by atoms with van der Waals surface area (Å²) in [5, 5.41) is 4.31. The maximum Gasteiger partial charge on any atom is 0.230 e. The van der Waals surface area contributed by atoms with Crippen LogP contribution in [-0.4, -0.2) is 29.1 Å². The van der Waals surface area contributed by atoms with Gasteiger partial charge >= 0.3 is 0 Å². The highest BCUT2D eigenvalue weighted by atomic mass is 35.5. The van der Waals surface area contributed by atoms with E-state index in [0.29, 0.717) is 28.1 Å². The van der Waals surface area contributed by atoms with E-state index in [1.807, 2.05) is 0 Å². The van der Waals surface area contributed by atoms with E-state index < -0.39 is 0 Å². The van der Waals surface area contributed by atoms with Gasteiger partial charge in [-0.05, 0) is 38.0 Å². The molecule has 6 nitrogen and oxygen atoms in total. The zero-order valence-electron chi connectivity index (χ0n) is 12.8. The molecule has 122 valence electrons. The topological polar surface area (TPSA) is 74.5 Å². The van der Waals surface area contributed by atoms with Gasteiger partial charge < -0.3 is 14.0 Å². The molecular formula is C16H17ClN2O4. The lowest BCUT2D eigenvalue weighted by molar-refractivity contribution is 0.0778. The summed E-state index contributed by atoms with van der Waals surface area (Å²) < 4.78 is 16.2. The molecule has 1 aliphatic heterocycles.